The number of nitrogens with one attached hydrogen (secondary N) is 1. The molecular weight excluding hydrogens is 371 g/mol. The van der Waals surface area contributed by atoms with Crippen LogP contribution in [-0.2, 0) is 0 Å². The van der Waals surface area contributed by atoms with Crippen molar-refractivity contribution in [3.63, 3.8) is 0 Å². The fourth-order valence-corrected chi connectivity index (χ4v) is 2.85. The van der Waals surface area contributed by atoms with E-state index in [4.69, 9.17) is 4.74 Å². The number of likely N-dealkylation sites (N-methyl/N-ethyl adjacent to an activating group) is 2. The van der Waals surface area contributed by atoms with Gasteiger partial charge in [0.15, 0.2) is 11.6 Å². The first-order valence-electron chi connectivity index (χ1n) is 8.49. The van der Waals surface area contributed by atoms with Crippen molar-refractivity contribution >= 4 is 17.5 Å². The van der Waals surface area contributed by atoms with Crippen molar-refractivity contribution in [3.05, 3.63) is 46.5 Å². The molecule has 0 saturated carbocycles. The quantitative estimate of drug-likeness (QED) is 0.616. The Kier molecular flexibility index (Phi) is 5.64. The van der Waals surface area contributed by atoms with Crippen LogP contribution in [0.25, 0.3) is 0 Å². The molecule has 1 aliphatic heterocycles. The molecule has 1 aromatic carbocycles. The number of ether oxygens (including phenoxy) is 1. The van der Waals surface area contributed by atoms with E-state index in [0.717, 1.165) is 44.0 Å². The zero-order valence-corrected chi connectivity index (χ0v) is 15.3. The largest absolute Gasteiger partial charge is 0.436 e. The summed E-state index contributed by atoms with van der Waals surface area (Å²) in [5.74, 6) is -0.951. The van der Waals surface area contributed by atoms with E-state index in [1.54, 1.807) is 11.9 Å². The molecule has 2 aromatic rings. The number of benzene rings is 1. The van der Waals surface area contributed by atoms with Gasteiger partial charge < -0.3 is 14.5 Å². The van der Waals surface area contributed by atoms with Crippen molar-refractivity contribution in [1.82, 2.24) is 19.8 Å². The van der Waals surface area contributed by atoms with E-state index in [1.807, 2.05) is 7.05 Å². The third-order valence-electron chi connectivity index (χ3n) is 4.45. The molecule has 11 heteroatoms. The molecule has 0 unspecified atom stereocenters. The molecule has 148 valence electrons. The number of anilines is 1. The number of aromatic nitrogens is 2. The number of halogens is 1. The molecule has 1 saturated heterocycles. The number of nitrogens with zero attached hydrogens (tertiary/aromatic N) is 5. The van der Waals surface area contributed by atoms with E-state index in [9.17, 15) is 19.3 Å². The van der Waals surface area contributed by atoms with Crippen molar-refractivity contribution < 1.29 is 18.8 Å². The van der Waals surface area contributed by atoms with E-state index in [2.05, 4.69) is 20.2 Å². The lowest BCUT2D eigenvalue weighted by atomic mass is 10.2. The van der Waals surface area contributed by atoms with Crippen LogP contribution in [0.3, 0.4) is 0 Å². The number of likely N-dealkylation sites (tertiary alicyclic amines) is 1. The summed E-state index contributed by atoms with van der Waals surface area (Å²) in [6.45, 7) is 1.72. The predicted molar refractivity (Wildman–Crippen MR) is 97.8 cm³/mol. The first-order valence-corrected chi connectivity index (χ1v) is 8.49. The molecule has 2 heterocycles. The van der Waals surface area contributed by atoms with Crippen LogP contribution in [0.5, 0.6) is 11.6 Å². The number of carbonyl (C=O) groups excluding carboxylic acids is 1. The third-order valence-corrected chi connectivity index (χ3v) is 4.45. The molecule has 1 N–H and O–H groups in total. The van der Waals surface area contributed by atoms with Gasteiger partial charge in [0, 0.05) is 31.8 Å². The highest BCUT2D eigenvalue weighted by Gasteiger charge is 2.26. The lowest BCUT2D eigenvalue weighted by Gasteiger charge is -2.24. The van der Waals surface area contributed by atoms with Gasteiger partial charge in [0.05, 0.1) is 11.0 Å². The van der Waals surface area contributed by atoms with Gasteiger partial charge in [0.25, 0.3) is 5.69 Å². The van der Waals surface area contributed by atoms with Crippen molar-refractivity contribution in [3.8, 4) is 11.6 Å². The number of non-ortho nitro benzene ring substituents is 1. The van der Waals surface area contributed by atoms with Gasteiger partial charge >= 0.3 is 6.03 Å². The summed E-state index contributed by atoms with van der Waals surface area (Å²) < 4.78 is 19.3. The van der Waals surface area contributed by atoms with Crippen LogP contribution >= 0.6 is 0 Å². The van der Waals surface area contributed by atoms with Crippen LogP contribution in [-0.4, -0.2) is 63.9 Å². The molecule has 0 spiro atoms. The van der Waals surface area contributed by atoms with Gasteiger partial charge in [0.2, 0.25) is 5.88 Å². The molecule has 28 heavy (non-hydrogen) atoms. The van der Waals surface area contributed by atoms with Gasteiger partial charge in [-0.1, -0.05) is 0 Å². The van der Waals surface area contributed by atoms with Crippen LogP contribution in [0, 0.1) is 15.9 Å². The number of nitro groups is 1. The lowest BCUT2D eigenvalue weighted by Crippen LogP contribution is -2.41. The van der Waals surface area contributed by atoms with Crippen molar-refractivity contribution in [1.29, 1.82) is 0 Å². The molecule has 0 radical (unpaired) electrons. The maximum atomic E-state index is 14.0. The zero-order chi connectivity index (χ0) is 20.3. The number of rotatable bonds is 5. The van der Waals surface area contributed by atoms with E-state index in [-0.39, 0.29) is 35.2 Å². The second kappa shape index (κ2) is 8.13. The molecule has 10 nitrogen and oxygen atoms in total. The van der Waals surface area contributed by atoms with Crippen LogP contribution < -0.4 is 10.1 Å². The number of hydrogen-bond acceptors (Lipinski definition) is 7. The van der Waals surface area contributed by atoms with Gasteiger partial charge in [0.1, 0.15) is 12.1 Å². The molecule has 0 bridgehead atoms. The highest BCUT2D eigenvalue weighted by molar-refractivity contribution is 5.88. The Bertz CT molecular complexity index is 896. The number of nitro benzene ring substituents is 1. The van der Waals surface area contributed by atoms with Crippen molar-refractivity contribution in [2.75, 3.05) is 32.5 Å². The van der Waals surface area contributed by atoms with E-state index in [1.165, 1.54) is 6.07 Å². The van der Waals surface area contributed by atoms with Crippen LogP contribution in [0.2, 0.25) is 0 Å². The monoisotopic (exact) mass is 390 g/mol. The van der Waals surface area contributed by atoms with Gasteiger partial charge in [-0.3, -0.25) is 15.4 Å². The second-order valence-corrected chi connectivity index (χ2v) is 6.46. The Labute approximate surface area is 160 Å². The Balaban J connectivity index is 1.67. The Morgan fingerprint density at radius 1 is 1.43 bits per heavy atom. The Hall–Kier alpha value is -3.34. The summed E-state index contributed by atoms with van der Waals surface area (Å²) in [6.07, 6.45) is 2.05. The highest BCUT2D eigenvalue weighted by Crippen LogP contribution is 2.27. The minimum absolute atomic E-state index is 0.0127. The molecule has 1 atom stereocenters. The molecule has 3 rings (SSSR count). The number of urea groups is 1. The van der Waals surface area contributed by atoms with Crippen LogP contribution in [0.15, 0.2) is 30.6 Å². The van der Waals surface area contributed by atoms with Crippen molar-refractivity contribution in [2.45, 2.75) is 12.5 Å². The molecule has 0 aliphatic carbocycles. The van der Waals surface area contributed by atoms with Crippen LogP contribution in [0.1, 0.15) is 6.42 Å². The predicted octanol–water partition coefficient (Wildman–Crippen LogP) is 2.48. The highest BCUT2D eigenvalue weighted by atomic mass is 19.1. The van der Waals surface area contributed by atoms with E-state index in [0.29, 0.717) is 0 Å². The summed E-state index contributed by atoms with van der Waals surface area (Å²) in [5.41, 5.74) is -0.388. The zero-order valence-electron chi connectivity index (χ0n) is 15.3. The summed E-state index contributed by atoms with van der Waals surface area (Å²) in [5, 5.41) is 13.3. The SMILES string of the molecule is CN1CC[C@@H](N(C)C(=O)Nc2cc(Oc3ccc([N+](=O)[O-])cc3F)ncn2)C1. The van der Waals surface area contributed by atoms with E-state index >= 15 is 0 Å². The standard InChI is InChI=1S/C17H19FN6O4/c1-22-6-5-12(9-22)23(2)17(25)21-15-8-16(20-10-19-15)28-14-4-3-11(24(26)27)7-13(14)18/h3-4,7-8,10,12H,5-6,9H2,1-2H3,(H,19,20,21,25)/t12-/m1/s1. The van der Waals surface area contributed by atoms with Gasteiger partial charge in [-0.25, -0.2) is 19.2 Å². The summed E-state index contributed by atoms with van der Waals surface area (Å²) in [7, 11) is 3.71. The molecular formula is C17H19FN6O4. The average Bonchev–Trinajstić information content (AvgIpc) is 3.09. The minimum Gasteiger partial charge on any atom is -0.436 e. The average molecular weight is 390 g/mol. The number of carbonyl (C=O) groups is 1. The summed E-state index contributed by atoms with van der Waals surface area (Å²) >= 11 is 0. The molecule has 2 amide bonds. The number of hydrogen-bond donors (Lipinski definition) is 1. The Morgan fingerprint density at radius 3 is 2.86 bits per heavy atom. The maximum absolute atomic E-state index is 14.0. The topological polar surface area (TPSA) is 114 Å². The Morgan fingerprint density at radius 2 is 2.21 bits per heavy atom. The van der Waals surface area contributed by atoms with E-state index < -0.39 is 10.7 Å². The summed E-state index contributed by atoms with van der Waals surface area (Å²) in [4.78, 5) is 34.0. The van der Waals surface area contributed by atoms with Gasteiger partial charge in [-0.15, -0.1) is 0 Å². The smallest absolute Gasteiger partial charge is 0.323 e. The maximum Gasteiger partial charge on any atom is 0.323 e. The fourth-order valence-electron chi connectivity index (χ4n) is 2.85. The normalized spacial score (nSPS) is 16.6. The second-order valence-electron chi connectivity index (χ2n) is 6.46. The first kappa shape index (κ1) is 19.4. The van der Waals surface area contributed by atoms with Crippen LogP contribution in [0.4, 0.5) is 20.7 Å². The third kappa shape index (κ3) is 4.49. The lowest BCUT2D eigenvalue weighted by molar-refractivity contribution is -0.385. The van der Waals surface area contributed by atoms with Gasteiger partial charge in [-0.05, 0) is 26.1 Å². The molecule has 1 aliphatic rings. The van der Waals surface area contributed by atoms with Gasteiger partial charge in [-0.2, -0.15) is 0 Å². The van der Waals surface area contributed by atoms with Crippen molar-refractivity contribution in [2.24, 2.45) is 0 Å². The fraction of sp³-hybridized carbons (Fsp3) is 0.353. The minimum atomic E-state index is -0.900. The first-order chi connectivity index (χ1) is 13.3. The summed E-state index contributed by atoms with van der Waals surface area (Å²) in [6, 6.07) is 4.14. The number of amides is 2. The molecule has 1 fully saturated rings. The molecule has 1 aromatic heterocycles.